The van der Waals surface area contributed by atoms with Crippen molar-refractivity contribution in [3.8, 4) is 17.7 Å². The third-order valence-corrected chi connectivity index (χ3v) is 6.12. The molecule has 180 valence electrons. The quantitative estimate of drug-likeness (QED) is 0.471. The second-order valence-electron chi connectivity index (χ2n) is 8.53. The maximum Gasteiger partial charge on any atom is 0.413 e. The predicted molar refractivity (Wildman–Crippen MR) is 129 cm³/mol. The van der Waals surface area contributed by atoms with E-state index in [9.17, 15) is 9.59 Å². The fourth-order valence-electron chi connectivity index (χ4n) is 3.60. The molecule has 0 spiro atoms. The van der Waals surface area contributed by atoms with Crippen molar-refractivity contribution in [3.63, 3.8) is 0 Å². The largest absolute Gasteiger partial charge is 0.481 e. The highest BCUT2D eigenvalue weighted by Gasteiger charge is 2.43. The van der Waals surface area contributed by atoms with Crippen molar-refractivity contribution in [1.29, 1.82) is 0 Å². The first-order chi connectivity index (χ1) is 16.7. The molecule has 0 aliphatic heterocycles. The first kappa shape index (κ1) is 24.2. The molecule has 10 heteroatoms. The molecule has 2 aromatic heterocycles. The Balaban J connectivity index is 1.50. The third kappa shape index (κ3) is 5.61. The van der Waals surface area contributed by atoms with Crippen LogP contribution < -0.4 is 5.32 Å². The Kier molecular flexibility index (Phi) is 6.76. The summed E-state index contributed by atoms with van der Waals surface area (Å²) in [5.41, 5.74) is 2.09. The van der Waals surface area contributed by atoms with Crippen LogP contribution >= 0.6 is 11.6 Å². The summed E-state index contributed by atoms with van der Waals surface area (Å²) >= 11 is 6.20. The first-order valence-electron chi connectivity index (χ1n) is 11.0. The number of nitrogens with one attached hydrogen (secondary N) is 1. The van der Waals surface area contributed by atoms with E-state index >= 15 is 0 Å². The summed E-state index contributed by atoms with van der Waals surface area (Å²) in [6.45, 7) is 5.25. The summed E-state index contributed by atoms with van der Waals surface area (Å²) < 4.78 is 6.90. The summed E-state index contributed by atoms with van der Waals surface area (Å²) in [6, 6.07) is 10.7. The molecule has 0 bridgehead atoms. The average Bonchev–Trinajstić information content (AvgIpc) is 3.46. The van der Waals surface area contributed by atoms with Gasteiger partial charge in [0, 0.05) is 21.6 Å². The van der Waals surface area contributed by atoms with Crippen molar-refractivity contribution in [2.45, 2.75) is 46.1 Å². The van der Waals surface area contributed by atoms with E-state index in [2.05, 4.69) is 32.5 Å². The Hall–Kier alpha value is -3.90. The van der Waals surface area contributed by atoms with Gasteiger partial charge in [0.25, 0.3) is 0 Å². The lowest BCUT2D eigenvalue weighted by atomic mass is 10.0. The van der Waals surface area contributed by atoms with Gasteiger partial charge in [-0.3, -0.25) is 10.1 Å². The van der Waals surface area contributed by atoms with Crippen LogP contribution in [-0.4, -0.2) is 37.1 Å². The zero-order chi connectivity index (χ0) is 25.2. The van der Waals surface area contributed by atoms with E-state index < -0.39 is 23.6 Å². The van der Waals surface area contributed by atoms with Crippen LogP contribution in [0, 0.1) is 31.1 Å². The van der Waals surface area contributed by atoms with Gasteiger partial charge < -0.3 is 9.84 Å². The Morgan fingerprint density at radius 2 is 1.97 bits per heavy atom. The van der Waals surface area contributed by atoms with Crippen LogP contribution in [0.3, 0.4) is 0 Å². The van der Waals surface area contributed by atoms with E-state index in [4.69, 9.17) is 21.4 Å². The first-order valence-corrected chi connectivity index (χ1v) is 11.4. The Bertz CT molecular complexity index is 1350. The SMILES string of the molecule is Cc1nc(-n2nnc(C)c2NC(=O)O[C@H](C)c2ccccc2Cl)ccc1C#CC1(CC(=O)O)CC1. The fraction of sp³-hybridized carbons (Fsp3) is 0.320. The number of carbonyl (C=O) groups excluding carboxylic acids is 1. The van der Waals surface area contributed by atoms with E-state index in [0.29, 0.717) is 39.2 Å². The topological polar surface area (TPSA) is 119 Å². The smallest absolute Gasteiger partial charge is 0.413 e. The monoisotopic (exact) mass is 493 g/mol. The number of anilines is 1. The number of aromatic nitrogens is 4. The number of amides is 1. The number of hydrogen-bond acceptors (Lipinski definition) is 6. The van der Waals surface area contributed by atoms with Gasteiger partial charge in [0.1, 0.15) is 11.8 Å². The van der Waals surface area contributed by atoms with E-state index in [-0.39, 0.29) is 6.42 Å². The average molecular weight is 494 g/mol. The number of pyridine rings is 1. The molecule has 1 aliphatic carbocycles. The zero-order valence-electron chi connectivity index (χ0n) is 19.5. The summed E-state index contributed by atoms with van der Waals surface area (Å²) in [6.07, 6.45) is 0.368. The molecule has 2 heterocycles. The number of benzene rings is 1. The molecule has 4 rings (SSSR count). The molecule has 1 saturated carbocycles. The van der Waals surface area contributed by atoms with Crippen molar-refractivity contribution in [2.24, 2.45) is 5.41 Å². The number of ether oxygens (including phenoxy) is 1. The third-order valence-electron chi connectivity index (χ3n) is 5.78. The molecule has 2 N–H and O–H groups in total. The molecule has 0 radical (unpaired) electrons. The molecule has 3 aromatic rings. The number of aryl methyl sites for hydroxylation is 2. The van der Waals surface area contributed by atoms with Gasteiger partial charge in [-0.25, -0.2) is 9.78 Å². The highest BCUT2D eigenvalue weighted by Crippen LogP contribution is 2.48. The molecule has 1 aromatic carbocycles. The minimum absolute atomic E-state index is 0.0447. The van der Waals surface area contributed by atoms with Gasteiger partial charge in [-0.05, 0) is 51.8 Å². The molecular formula is C25H24ClN5O4. The van der Waals surface area contributed by atoms with Crippen LogP contribution in [0.15, 0.2) is 36.4 Å². The van der Waals surface area contributed by atoms with Crippen LogP contribution in [0.25, 0.3) is 5.82 Å². The van der Waals surface area contributed by atoms with Gasteiger partial charge >= 0.3 is 12.1 Å². The van der Waals surface area contributed by atoms with Crippen molar-refractivity contribution < 1.29 is 19.4 Å². The van der Waals surface area contributed by atoms with Gasteiger partial charge in [-0.1, -0.05) is 46.9 Å². The van der Waals surface area contributed by atoms with Crippen LogP contribution in [0.2, 0.25) is 5.02 Å². The lowest BCUT2D eigenvalue weighted by Crippen LogP contribution is -2.19. The van der Waals surface area contributed by atoms with Crippen LogP contribution in [0.4, 0.5) is 10.6 Å². The number of aliphatic carboxylic acids is 1. The van der Waals surface area contributed by atoms with Gasteiger partial charge in [0.15, 0.2) is 11.6 Å². The number of rotatable bonds is 6. The van der Waals surface area contributed by atoms with Crippen molar-refractivity contribution >= 4 is 29.5 Å². The van der Waals surface area contributed by atoms with E-state index in [1.807, 2.05) is 6.07 Å². The maximum absolute atomic E-state index is 12.6. The number of hydrogen-bond donors (Lipinski definition) is 2. The van der Waals surface area contributed by atoms with Gasteiger partial charge in [-0.15, -0.1) is 5.10 Å². The number of carboxylic acid groups (broad SMARTS) is 1. The standard InChI is InChI=1S/C25H24ClN5O4/c1-15-18(10-11-25(12-13-25)14-22(32)33)8-9-21(27-15)31-23(16(2)29-30-31)28-24(34)35-17(3)19-6-4-5-7-20(19)26/h4-9,17H,12-14H2,1-3H3,(H,28,34)(H,32,33)/t17-/m1/s1. The van der Waals surface area contributed by atoms with Crippen LogP contribution in [0.1, 0.15) is 54.8 Å². The molecule has 0 unspecified atom stereocenters. The van der Waals surface area contributed by atoms with Gasteiger partial charge in [0.2, 0.25) is 0 Å². The lowest BCUT2D eigenvalue weighted by molar-refractivity contribution is -0.137. The Labute approximate surface area is 207 Å². The van der Waals surface area contributed by atoms with E-state index in [0.717, 1.165) is 12.8 Å². The minimum atomic E-state index is -0.844. The molecule has 9 nitrogen and oxygen atoms in total. The molecule has 1 amide bonds. The van der Waals surface area contributed by atoms with E-state index in [1.54, 1.807) is 51.1 Å². The van der Waals surface area contributed by atoms with Crippen molar-refractivity contribution in [3.05, 3.63) is 63.9 Å². The maximum atomic E-state index is 12.6. The summed E-state index contributed by atoms with van der Waals surface area (Å²) in [7, 11) is 0. The zero-order valence-corrected chi connectivity index (χ0v) is 20.3. The number of carboxylic acids is 1. The highest BCUT2D eigenvalue weighted by atomic mass is 35.5. The Morgan fingerprint density at radius 3 is 2.63 bits per heavy atom. The van der Waals surface area contributed by atoms with Gasteiger partial charge in [0.05, 0.1) is 12.1 Å². The number of halogens is 1. The molecule has 0 saturated heterocycles. The lowest BCUT2D eigenvalue weighted by Gasteiger charge is -2.16. The normalized spacial score (nSPS) is 14.4. The minimum Gasteiger partial charge on any atom is -0.481 e. The second-order valence-corrected chi connectivity index (χ2v) is 8.94. The number of nitrogens with zero attached hydrogens (tertiary/aromatic N) is 4. The fourth-order valence-corrected chi connectivity index (χ4v) is 3.89. The Morgan fingerprint density at radius 1 is 1.23 bits per heavy atom. The van der Waals surface area contributed by atoms with Gasteiger partial charge in [-0.2, -0.15) is 4.68 Å². The van der Waals surface area contributed by atoms with Crippen LogP contribution in [-0.2, 0) is 9.53 Å². The summed E-state index contributed by atoms with van der Waals surface area (Å²) in [4.78, 5) is 28.2. The highest BCUT2D eigenvalue weighted by molar-refractivity contribution is 6.31. The molecule has 1 fully saturated rings. The van der Waals surface area contributed by atoms with Crippen LogP contribution in [0.5, 0.6) is 0 Å². The summed E-state index contributed by atoms with van der Waals surface area (Å²) in [5, 5.41) is 20.4. The second kappa shape index (κ2) is 9.76. The van der Waals surface area contributed by atoms with Crippen molar-refractivity contribution in [2.75, 3.05) is 5.32 Å². The predicted octanol–water partition coefficient (Wildman–Crippen LogP) is 4.85. The summed E-state index contributed by atoms with van der Waals surface area (Å²) in [5.74, 6) is 6.10. The molecule has 35 heavy (non-hydrogen) atoms. The number of carbonyl (C=O) groups is 2. The van der Waals surface area contributed by atoms with E-state index in [1.165, 1.54) is 4.68 Å². The molecule has 1 atom stereocenters. The molecule has 1 aliphatic rings. The molecular weight excluding hydrogens is 470 g/mol. The van der Waals surface area contributed by atoms with Crippen molar-refractivity contribution in [1.82, 2.24) is 20.0 Å².